The van der Waals surface area contributed by atoms with Gasteiger partial charge in [0.05, 0.1) is 5.69 Å². The number of nitrogens with zero attached hydrogens (tertiary/aromatic N) is 2. The summed E-state index contributed by atoms with van der Waals surface area (Å²) < 4.78 is 5.53. The number of hydrogen-bond acceptors (Lipinski definition) is 4. The highest BCUT2D eigenvalue weighted by Crippen LogP contribution is 2.25. The van der Waals surface area contributed by atoms with Crippen molar-refractivity contribution in [3.63, 3.8) is 0 Å². The normalized spacial score (nSPS) is 16.4. The number of rotatable bonds is 6. The van der Waals surface area contributed by atoms with Crippen LogP contribution in [-0.2, 0) is 4.79 Å². The molecule has 6 nitrogen and oxygen atoms in total. The molecule has 1 aliphatic rings. The maximum atomic E-state index is 12.3. The number of halogens is 1. The first-order chi connectivity index (χ1) is 14.2. The summed E-state index contributed by atoms with van der Waals surface area (Å²) in [5.74, 6) is 1.47. The molecule has 4 rings (SSSR count). The number of H-pyrrole nitrogens is 1. The molecule has 2 heterocycles. The van der Waals surface area contributed by atoms with E-state index in [0.717, 1.165) is 43.0 Å². The molecule has 0 bridgehead atoms. The van der Waals surface area contributed by atoms with Crippen molar-refractivity contribution >= 4 is 23.3 Å². The van der Waals surface area contributed by atoms with Crippen molar-refractivity contribution in [3.05, 3.63) is 65.7 Å². The fourth-order valence-electron chi connectivity index (χ4n) is 3.49. The zero-order valence-electron chi connectivity index (χ0n) is 16.0. The van der Waals surface area contributed by atoms with Crippen molar-refractivity contribution in [2.75, 3.05) is 24.6 Å². The third-order valence-electron chi connectivity index (χ3n) is 4.94. The first-order valence-electron chi connectivity index (χ1n) is 9.71. The zero-order valence-corrected chi connectivity index (χ0v) is 16.7. The van der Waals surface area contributed by atoms with Crippen LogP contribution in [0.25, 0.3) is 11.3 Å². The van der Waals surface area contributed by atoms with E-state index in [-0.39, 0.29) is 18.6 Å². The van der Waals surface area contributed by atoms with Crippen molar-refractivity contribution in [1.82, 2.24) is 15.5 Å². The quantitative estimate of drug-likeness (QED) is 0.646. The Morgan fingerprint density at radius 2 is 2.00 bits per heavy atom. The minimum atomic E-state index is -0.107. The Bertz CT molecular complexity index is 943. The van der Waals surface area contributed by atoms with Crippen LogP contribution in [0.15, 0.2) is 60.7 Å². The molecule has 29 heavy (non-hydrogen) atoms. The highest BCUT2D eigenvalue weighted by atomic mass is 35.5. The van der Waals surface area contributed by atoms with E-state index in [1.54, 1.807) is 0 Å². The van der Waals surface area contributed by atoms with Crippen LogP contribution in [0, 0.1) is 0 Å². The standard InChI is InChI=1S/C22H23ClN4O2/c23-17-10-8-16(9-11-17)20-13-21(26-25-20)27-12-4-5-18(14-27)24-22(28)15-29-19-6-2-1-3-7-19/h1-3,6-11,13,18H,4-5,12,14-15H2,(H,24,28)(H,25,26)/t18-/m1/s1. The van der Waals surface area contributed by atoms with Crippen LogP contribution in [-0.4, -0.2) is 41.8 Å². The molecule has 0 radical (unpaired) electrons. The number of para-hydroxylation sites is 1. The maximum Gasteiger partial charge on any atom is 0.258 e. The summed E-state index contributed by atoms with van der Waals surface area (Å²) >= 11 is 5.96. The van der Waals surface area contributed by atoms with Crippen LogP contribution in [0.2, 0.25) is 5.02 Å². The van der Waals surface area contributed by atoms with Gasteiger partial charge in [0.2, 0.25) is 0 Å². The second-order valence-electron chi connectivity index (χ2n) is 7.10. The van der Waals surface area contributed by atoms with Gasteiger partial charge in [-0.15, -0.1) is 0 Å². The highest BCUT2D eigenvalue weighted by Gasteiger charge is 2.23. The predicted octanol–water partition coefficient (Wildman–Crippen LogP) is 3.89. The molecule has 2 N–H and O–H groups in total. The SMILES string of the molecule is O=C(COc1ccccc1)N[C@@H]1CCCN(c2cc(-c3ccc(Cl)cc3)[nH]n2)C1. The van der Waals surface area contributed by atoms with E-state index in [0.29, 0.717) is 10.8 Å². The molecule has 1 aromatic heterocycles. The van der Waals surface area contributed by atoms with E-state index in [9.17, 15) is 4.79 Å². The average molecular weight is 411 g/mol. The molecule has 0 spiro atoms. The van der Waals surface area contributed by atoms with Gasteiger partial charge in [0, 0.05) is 30.2 Å². The van der Waals surface area contributed by atoms with Gasteiger partial charge in [-0.25, -0.2) is 0 Å². The van der Waals surface area contributed by atoms with Crippen LogP contribution < -0.4 is 15.0 Å². The zero-order chi connectivity index (χ0) is 20.1. The van der Waals surface area contributed by atoms with Crippen molar-refractivity contribution in [1.29, 1.82) is 0 Å². The van der Waals surface area contributed by atoms with Crippen LogP contribution in [0.5, 0.6) is 5.75 Å². The molecule has 1 saturated heterocycles. The van der Waals surface area contributed by atoms with Gasteiger partial charge in [0.15, 0.2) is 12.4 Å². The Balaban J connectivity index is 1.32. The Labute approximate surface area is 174 Å². The lowest BCUT2D eigenvalue weighted by Gasteiger charge is -2.33. The summed E-state index contributed by atoms with van der Waals surface area (Å²) in [6.07, 6.45) is 1.94. The number of aromatic amines is 1. The summed E-state index contributed by atoms with van der Waals surface area (Å²) in [4.78, 5) is 14.5. The van der Waals surface area contributed by atoms with Crippen molar-refractivity contribution in [2.24, 2.45) is 0 Å². The van der Waals surface area contributed by atoms with Crippen LogP contribution >= 0.6 is 11.6 Å². The van der Waals surface area contributed by atoms with Crippen molar-refractivity contribution in [2.45, 2.75) is 18.9 Å². The van der Waals surface area contributed by atoms with Gasteiger partial charge in [-0.2, -0.15) is 5.10 Å². The largest absolute Gasteiger partial charge is 0.484 e. The number of benzene rings is 2. The molecule has 150 valence electrons. The number of ether oxygens (including phenoxy) is 1. The second-order valence-corrected chi connectivity index (χ2v) is 7.54. The molecule has 0 unspecified atom stereocenters. The summed E-state index contributed by atoms with van der Waals surface area (Å²) in [6.45, 7) is 1.66. The third-order valence-corrected chi connectivity index (χ3v) is 5.20. The fourth-order valence-corrected chi connectivity index (χ4v) is 3.61. The molecular formula is C22H23ClN4O2. The van der Waals surface area contributed by atoms with Crippen LogP contribution in [0.3, 0.4) is 0 Å². The molecule has 1 amide bonds. The Kier molecular flexibility index (Phi) is 6.00. The van der Waals surface area contributed by atoms with E-state index < -0.39 is 0 Å². The van der Waals surface area contributed by atoms with E-state index in [1.165, 1.54) is 0 Å². The van der Waals surface area contributed by atoms with E-state index in [1.807, 2.05) is 60.7 Å². The van der Waals surface area contributed by atoms with Crippen LogP contribution in [0.4, 0.5) is 5.82 Å². The van der Waals surface area contributed by atoms with Gasteiger partial charge < -0.3 is 15.0 Å². The number of carbonyl (C=O) groups excluding carboxylic acids is 1. The highest BCUT2D eigenvalue weighted by molar-refractivity contribution is 6.30. The fraction of sp³-hybridized carbons (Fsp3) is 0.273. The molecule has 3 aromatic rings. The summed E-state index contributed by atoms with van der Waals surface area (Å²) in [5.41, 5.74) is 1.98. The van der Waals surface area contributed by atoms with Crippen LogP contribution in [0.1, 0.15) is 12.8 Å². The Morgan fingerprint density at radius 3 is 2.79 bits per heavy atom. The summed E-state index contributed by atoms with van der Waals surface area (Å²) in [6, 6.07) is 19.1. The number of carbonyl (C=O) groups is 1. The number of amides is 1. The average Bonchev–Trinajstić information content (AvgIpc) is 3.24. The number of anilines is 1. The third kappa shape index (κ3) is 5.09. The van der Waals surface area contributed by atoms with Gasteiger partial charge in [0.25, 0.3) is 5.91 Å². The first kappa shape index (κ1) is 19.3. The van der Waals surface area contributed by atoms with Gasteiger partial charge in [0.1, 0.15) is 5.75 Å². The molecule has 1 fully saturated rings. The molecule has 0 saturated carbocycles. The lowest BCUT2D eigenvalue weighted by Crippen LogP contribution is -2.49. The maximum absolute atomic E-state index is 12.3. The Morgan fingerprint density at radius 1 is 1.21 bits per heavy atom. The molecule has 7 heteroatoms. The minimum absolute atomic E-state index is 0.0175. The van der Waals surface area contributed by atoms with Gasteiger partial charge in [-0.05, 0) is 42.7 Å². The molecule has 1 atom stereocenters. The lowest BCUT2D eigenvalue weighted by atomic mass is 10.1. The van der Waals surface area contributed by atoms with E-state index in [2.05, 4.69) is 20.4 Å². The number of piperidine rings is 1. The Hall–Kier alpha value is -2.99. The number of hydrogen-bond donors (Lipinski definition) is 2. The smallest absolute Gasteiger partial charge is 0.258 e. The molecule has 1 aliphatic heterocycles. The number of nitrogens with one attached hydrogen (secondary N) is 2. The first-order valence-corrected chi connectivity index (χ1v) is 10.1. The van der Waals surface area contributed by atoms with Crippen molar-refractivity contribution < 1.29 is 9.53 Å². The molecule has 2 aromatic carbocycles. The lowest BCUT2D eigenvalue weighted by molar-refractivity contribution is -0.123. The molecular weight excluding hydrogens is 388 g/mol. The van der Waals surface area contributed by atoms with Gasteiger partial charge >= 0.3 is 0 Å². The second kappa shape index (κ2) is 9.01. The van der Waals surface area contributed by atoms with E-state index >= 15 is 0 Å². The van der Waals surface area contributed by atoms with E-state index in [4.69, 9.17) is 16.3 Å². The monoisotopic (exact) mass is 410 g/mol. The number of aromatic nitrogens is 2. The van der Waals surface area contributed by atoms with Gasteiger partial charge in [-0.1, -0.05) is 41.9 Å². The van der Waals surface area contributed by atoms with Crippen molar-refractivity contribution in [3.8, 4) is 17.0 Å². The summed E-state index contributed by atoms with van der Waals surface area (Å²) in [7, 11) is 0. The van der Waals surface area contributed by atoms with Gasteiger partial charge in [-0.3, -0.25) is 9.89 Å². The summed E-state index contributed by atoms with van der Waals surface area (Å²) in [5, 5.41) is 11.3. The minimum Gasteiger partial charge on any atom is -0.484 e. The predicted molar refractivity (Wildman–Crippen MR) is 114 cm³/mol. The molecule has 0 aliphatic carbocycles. The topological polar surface area (TPSA) is 70.2 Å².